The van der Waals surface area contributed by atoms with Crippen molar-refractivity contribution in [3.8, 4) is 0 Å². The van der Waals surface area contributed by atoms with Gasteiger partial charge in [-0.3, -0.25) is 4.98 Å². The maximum absolute atomic E-state index is 6.18. The maximum atomic E-state index is 6.18. The van der Waals surface area contributed by atoms with E-state index in [1.165, 1.54) is 9.13 Å². The van der Waals surface area contributed by atoms with Crippen molar-refractivity contribution in [2.75, 3.05) is 7.05 Å². The molecule has 1 aromatic heterocycles. The number of hydrogen-bond acceptors (Lipinski definition) is 2. The summed E-state index contributed by atoms with van der Waals surface area (Å²) < 4.78 is 2.33. The van der Waals surface area contributed by atoms with Crippen LogP contribution in [0.25, 0.3) is 0 Å². The minimum absolute atomic E-state index is 0.212. The molecule has 0 aliphatic carbocycles. The largest absolute Gasteiger partial charge is 0.313 e. The van der Waals surface area contributed by atoms with Gasteiger partial charge in [0.1, 0.15) is 0 Å². The molecule has 1 N–H and O–H groups in total. The van der Waals surface area contributed by atoms with Crippen LogP contribution in [0.1, 0.15) is 17.2 Å². The zero-order chi connectivity index (χ0) is 13.8. The number of likely N-dealkylation sites (N-methyl/N-ethyl adjacent to an activating group) is 1. The zero-order valence-electron chi connectivity index (χ0n) is 10.3. The monoisotopic (exact) mass is 450 g/mol. The maximum Gasteiger partial charge on any atom is 0.0622 e. The molecule has 1 heterocycles. The molecule has 0 bridgehead atoms. The molecule has 1 unspecified atom stereocenters. The highest BCUT2D eigenvalue weighted by Crippen LogP contribution is 2.29. The highest BCUT2D eigenvalue weighted by atomic mass is 127. The number of nitrogens with one attached hydrogen (secondary N) is 1. The molecule has 0 amide bonds. The minimum Gasteiger partial charge on any atom is -0.313 e. The number of rotatable bonds is 4. The van der Waals surface area contributed by atoms with Crippen LogP contribution in [-0.4, -0.2) is 12.0 Å². The number of pyridine rings is 1. The van der Waals surface area contributed by atoms with Gasteiger partial charge < -0.3 is 5.32 Å². The predicted molar refractivity (Wildman–Crippen MR) is 91.6 cm³/mol. The standard InChI is InChI=1S/C14H13BrClIN2/c1-18-14(6-9-4-5-19-8-13(9)16)11-7-10(17)2-3-12(11)15/h2-5,7-8,14,18H,6H2,1H3. The molecule has 0 radical (unpaired) electrons. The molecule has 19 heavy (non-hydrogen) atoms. The van der Waals surface area contributed by atoms with Crippen LogP contribution in [0.4, 0.5) is 0 Å². The summed E-state index contributed by atoms with van der Waals surface area (Å²) in [6, 6.07) is 8.52. The first kappa shape index (κ1) is 15.2. The number of halogens is 3. The Hall–Kier alpha value is -0.170. The summed E-state index contributed by atoms with van der Waals surface area (Å²) in [5.74, 6) is 0. The second-order valence-electron chi connectivity index (χ2n) is 4.18. The summed E-state index contributed by atoms with van der Waals surface area (Å²) in [7, 11) is 1.96. The summed E-state index contributed by atoms with van der Waals surface area (Å²) in [5, 5.41) is 4.06. The fraction of sp³-hybridized carbons (Fsp3) is 0.214. The van der Waals surface area contributed by atoms with Crippen molar-refractivity contribution >= 4 is 50.1 Å². The SMILES string of the molecule is CNC(Cc1ccncc1Cl)c1cc(I)ccc1Br. The Bertz CT molecular complexity index is 577. The van der Waals surface area contributed by atoms with E-state index >= 15 is 0 Å². The Kier molecular flexibility index (Phi) is 5.62. The molecule has 2 nitrogen and oxygen atoms in total. The lowest BCUT2D eigenvalue weighted by atomic mass is 10.00. The first-order valence-corrected chi connectivity index (χ1v) is 8.07. The summed E-state index contributed by atoms with van der Waals surface area (Å²) in [6.45, 7) is 0. The Morgan fingerprint density at radius 1 is 1.42 bits per heavy atom. The fourth-order valence-corrected chi connectivity index (χ4v) is 3.17. The van der Waals surface area contributed by atoms with Crippen LogP contribution < -0.4 is 5.32 Å². The molecule has 1 atom stereocenters. The second kappa shape index (κ2) is 7.02. The minimum atomic E-state index is 0.212. The van der Waals surface area contributed by atoms with Crippen molar-refractivity contribution in [2.24, 2.45) is 0 Å². The zero-order valence-corrected chi connectivity index (χ0v) is 14.8. The third kappa shape index (κ3) is 3.90. The van der Waals surface area contributed by atoms with Crippen molar-refractivity contribution in [2.45, 2.75) is 12.5 Å². The molecule has 0 saturated heterocycles. The molecule has 1 aromatic carbocycles. The molecule has 100 valence electrons. The van der Waals surface area contributed by atoms with Crippen LogP contribution in [0.5, 0.6) is 0 Å². The third-order valence-corrected chi connectivity index (χ3v) is 4.70. The van der Waals surface area contributed by atoms with Gasteiger partial charge in [0, 0.05) is 26.5 Å². The van der Waals surface area contributed by atoms with Gasteiger partial charge in [-0.2, -0.15) is 0 Å². The topological polar surface area (TPSA) is 24.9 Å². The van der Waals surface area contributed by atoms with Crippen molar-refractivity contribution in [1.82, 2.24) is 10.3 Å². The van der Waals surface area contributed by atoms with Crippen LogP contribution in [0, 0.1) is 3.57 Å². The molecule has 0 fully saturated rings. The molecule has 2 aromatic rings. The Morgan fingerprint density at radius 2 is 2.21 bits per heavy atom. The average Bonchev–Trinajstić information content (AvgIpc) is 2.41. The summed E-state index contributed by atoms with van der Waals surface area (Å²) in [6.07, 6.45) is 4.29. The molecule has 0 spiro atoms. The van der Waals surface area contributed by atoms with Gasteiger partial charge >= 0.3 is 0 Å². The number of benzene rings is 1. The van der Waals surface area contributed by atoms with Crippen LogP contribution in [-0.2, 0) is 6.42 Å². The van der Waals surface area contributed by atoms with Gasteiger partial charge in [0.15, 0.2) is 0 Å². The number of aromatic nitrogens is 1. The highest BCUT2D eigenvalue weighted by Gasteiger charge is 2.15. The molecule has 0 aliphatic heterocycles. The van der Waals surface area contributed by atoms with E-state index in [2.05, 4.69) is 67.0 Å². The van der Waals surface area contributed by atoms with E-state index in [1.807, 2.05) is 13.1 Å². The van der Waals surface area contributed by atoms with Gasteiger partial charge in [-0.1, -0.05) is 27.5 Å². The van der Waals surface area contributed by atoms with Crippen LogP contribution >= 0.6 is 50.1 Å². The summed E-state index contributed by atoms with van der Waals surface area (Å²) in [4.78, 5) is 4.02. The Morgan fingerprint density at radius 3 is 2.89 bits per heavy atom. The van der Waals surface area contributed by atoms with Crippen molar-refractivity contribution in [1.29, 1.82) is 0 Å². The normalized spacial score (nSPS) is 12.4. The van der Waals surface area contributed by atoms with E-state index in [0.717, 1.165) is 16.5 Å². The highest BCUT2D eigenvalue weighted by molar-refractivity contribution is 14.1. The van der Waals surface area contributed by atoms with Crippen molar-refractivity contribution < 1.29 is 0 Å². The van der Waals surface area contributed by atoms with Crippen LogP contribution in [0.3, 0.4) is 0 Å². The van der Waals surface area contributed by atoms with Gasteiger partial charge in [-0.25, -0.2) is 0 Å². The van der Waals surface area contributed by atoms with E-state index in [9.17, 15) is 0 Å². The molecular weight excluding hydrogens is 438 g/mol. The van der Waals surface area contributed by atoms with Gasteiger partial charge in [0.05, 0.1) is 5.02 Å². The molecular formula is C14H13BrClIN2. The summed E-state index contributed by atoms with van der Waals surface area (Å²) in [5.41, 5.74) is 2.34. The van der Waals surface area contributed by atoms with Gasteiger partial charge in [-0.15, -0.1) is 0 Å². The first-order valence-electron chi connectivity index (χ1n) is 5.82. The fourth-order valence-electron chi connectivity index (χ4n) is 1.94. The summed E-state index contributed by atoms with van der Waals surface area (Å²) >= 11 is 12.1. The van der Waals surface area contributed by atoms with E-state index in [0.29, 0.717) is 5.02 Å². The molecule has 5 heteroatoms. The first-order chi connectivity index (χ1) is 9.11. The molecule has 0 saturated carbocycles. The van der Waals surface area contributed by atoms with Gasteiger partial charge in [0.25, 0.3) is 0 Å². The average molecular weight is 452 g/mol. The van der Waals surface area contributed by atoms with Crippen molar-refractivity contribution in [3.63, 3.8) is 0 Å². The van der Waals surface area contributed by atoms with Crippen LogP contribution in [0.2, 0.25) is 5.02 Å². The predicted octanol–water partition coefficient (Wildman–Crippen LogP) is 4.61. The van der Waals surface area contributed by atoms with E-state index < -0.39 is 0 Å². The molecule has 0 aliphatic rings. The van der Waals surface area contributed by atoms with Crippen LogP contribution in [0.15, 0.2) is 41.1 Å². The second-order valence-corrected chi connectivity index (χ2v) is 6.69. The van der Waals surface area contributed by atoms with E-state index in [4.69, 9.17) is 11.6 Å². The third-order valence-electron chi connectivity index (χ3n) is 2.96. The van der Waals surface area contributed by atoms with E-state index in [1.54, 1.807) is 12.4 Å². The lowest BCUT2D eigenvalue weighted by Crippen LogP contribution is -2.19. The van der Waals surface area contributed by atoms with Crippen molar-refractivity contribution in [3.05, 3.63) is 60.9 Å². The number of hydrogen-bond donors (Lipinski definition) is 1. The van der Waals surface area contributed by atoms with E-state index in [-0.39, 0.29) is 6.04 Å². The quantitative estimate of drug-likeness (QED) is 0.687. The lowest BCUT2D eigenvalue weighted by Gasteiger charge is -2.19. The van der Waals surface area contributed by atoms with Gasteiger partial charge in [-0.05, 0) is 71.5 Å². The number of nitrogens with zero attached hydrogens (tertiary/aromatic N) is 1. The smallest absolute Gasteiger partial charge is 0.0622 e. The van der Waals surface area contributed by atoms with Gasteiger partial charge in [0.2, 0.25) is 0 Å². The Balaban J connectivity index is 2.30. The molecule has 2 rings (SSSR count). The lowest BCUT2D eigenvalue weighted by molar-refractivity contribution is 0.589. The Labute approximate surface area is 140 Å².